The first-order valence-corrected chi connectivity index (χ1v) is 7.71. The van der Waals surface area contributed by atoms with E-state index in [1.165, 1.54) is 0 Å². The Morgan fingerprint density at radius 1 is 1.45 bits per heavy atom. The van der Waals surface area contributed by atoms with E-state index in [0.29, 0.717) is 18.1 Å². The van der Waals surface area contributed by atoms with Crippen molar-refractivity contribution in [3.05, 3.63) is 36.0 Å². The van der Waals surface area contributed by atoms with E-state index < -0.39 is 0 Å². The first kappa shape index (κ1) is 13.5. The highest BCUT2D eigenvalue weighted by Crippen LogP contribution is 2.39. The zero-order valence-electron chi connectivity index (χ0n) is 11.3. The van der Waals surface area contributed by atoms with Gasteiger partial charge in [0.2, 0.25) is 11.7 Å². The molecule has 6 heteroatoms. The normalized spacial score (nSPS) is 19.2. The number of nitrogens with two attached hydrogens (primary N) is 1. The van der Waals surface area contributed by atoms with Crippen molar-refractivity contribution >= 4 is 11.8 Å². The van der Waals surface area contributed by atoms with E-state index in [1.54, 1.807) is 11.8 Å². The highest BCUT2D eigenvalue weighted by molar-refractivity contribution is 7.99. The van der Waals surface area contributed by atoms with Crippen molar-refractivity contribution in [2.75, 3.05) is 5.75 Å². The standard InChI is InChI=1S/C14H17N3O2S/c1-2-9(15)7-13-16-14(17-19-13)11-8-20-12-6-4-3-5-10(12)18-11/h3-6,9,11H,2,7-8,15H2,1H3. The van der Waals surface area contributed by atoms with Gasteiger partial charge in [-0.3, -0.25) is 0 Å². The van der Waals surface area contributed by atoms with E-state index in [2.05, 4.69) is 16.2 Å². The zero-order chi connectivity index (χ0) is 13.9. The fraction of sp³-hybridized carbons (Fsp3) is 0.429. The van der Waals surface area contributed by atoms with Gasteiger partial charge in [0.05, 0.1) is 0 Å². The number of para-hydroxylation sites is 1. The number of hydrogen-bond donors (Lipinski definition) is 1. The lowest BCUT2D eigenvalue weighted by Crippen LogP contribution is -2.21. The Bertz CT molecular complexity index is 587. The third-order valence-electron chi connectivity index (χ3n) is 3.24. The first-order chi connectivity index (χ1) is 9.76. The third-order valence-corrected chi connectivity index (χ3v) is 4.36. The summed E-state index contributed by atoms with van der Waals surface area (Å²) in [4.78, 5) is 5.55. The minimum atomic E-state index is -0.162. The molecule has 5 nitrogen and oxygen atoms in total. The van der Waals surface area contributed by atoms with Crippen LogP contribution in [0.5, 0.6) is 5.75 Å². The number of ether oxygens (including phenoxy) is 1. The van der Waals surface area contributed by atoms with Crippen molar-refractivity contribution in [3.63, 3.8) is 0 Å². The van der Waals surface area contributed by atoms with Crippen LogP contribution in [0.25, 0.3) is 0 Å². The van der Waals surface area contributed by atoms with Gasteiger partial charge in [-0.05, 0) is 18.6 Å². The fourth-order valence-electron chi connectivity index (χ4n) is 2.00. The molecule has 0 radical (unpaired) electrons. The molecule has 2 aromatic rings. The second kappa shape index (κ2) is 5.85. The monoisotopic (exact) mass is 291 g/mol. The van der Waals surface area contributed by atoms with Crippen molar-refractivity contribution in [1.82, 2.24) is 10.1 Å². The molecule has 2 atom stereocenters. The molecule has 3 rings (SSSR count). The van der Waals surface area contributed by atoms with Crippen LogP contribution in [0.2, 0.25) is 0 Å². The molecule has 0 aliphatic carbocycles. The lowest BCUT2D eigenvalue weighted by Gasteiger charge is -2.22. The lowest BCUT2D eigenvalue weighted by molar-refractivity contribution is 0.205. The van der Waals surface area contributed by atoms with Gasteiger partial charge in [0.1, 0.15) is 5.75 Å². The molecule has 0 spiro atoms. The van der Waals surface area contributed by atoms with Crippen LogP contribution in [0.15, 0.2) is 33.7 Å². The molecule has 1 aliphatic heterocycles. The molecule has 20 heavy (non-hydrogen) atoms. The molecule has 1 aliphatic rings. The van der Waals surface area contributed by atoms with Crippen LogP contribution < -0.4 is 10.5 Å². The highest BCUT2D eigenvalue weighted by atomic mass is 32.2. The summed E-state index contributed by atoms with van der Waals surface area (Å²) in [6.07, 6.45) is 1.34. The SMILES string of the molecule is CCC(N)Cc1nc(C2CSc3ccccc3O2)no1. The highest BCUT2D eigenvalue weighted by Gasteiger charge is 2.26. The van der Waals surface area contributed by atoms with E-state index in [0.717, 1.165) is 22.8 Å². The molecule has 0 saturated heterocycles. The Kier molecular flexibility index (Phi) is 3.93. The quantitative estimate of drug-likeness (QED) is 0.933. The van der Waals surface area contributed by atoms with Gasteiger partial charge in [0, 0.05) is 23.1 Å². The van der Waals surface area contributed by atoms with Crippen LogP contribution >= 0.6 is 11.8 Å². The van der Waals surface area contributed by atoms with Gasteiger partial charge in [0.15, 0.2) is 6.10 Å². The van der Waals surface area contributed by atoms with Crippen molar-refractivity contribution in [2.45, 2.75) is 36.8 Å². The molecule has 0 fully saturated rings. The number of hydrogen-bond acceptors (Lipinski definition) is 6. The second-order valence-corrected chi connectivity index (χ2v) is 5.84. The summed E-state index contributed by atoms with van der Waals surface area (Å²) in [6, 6.07) is 8.05. The summed E-state index contributed by atoms with van der Waals surface area (Å²) in [6.45, 7) is 2.04. The zero-order valence-corrected chi connectivity index (χ0v) is 12.1. The Labute approximate surface area is 121 Å². The summed E-state index contributed by atoms with van der Waals surface area (Å²) < 4.78 is 11.2. The van der Waals surface area contributed by atoms with E-state index >= 15 is 0 Å². The number of aromatic nitrogens is 2. The Morgan fingerprint density at radius 3 is 3.15 bits per heavy atom. The van der Waals surface area contributed by atoms with Crippen molar-refractivity contribution in [1.29, 1.82) is 0 Å². The summed E-state index contributed by atoms with van der Waals surface area (Å²) in [7, 11) is 0. The maximum absolute atomic E-state index is 5.93. The van der Waals surface area contributed by atoms with Crippen LogP contribution in [-0.2, 0) is 6.42 Å². The molecule has 0 bridgehead atoms. The van der Waals surface area contributed by atoms with Gasteiger partial charge in [-0.15, -0.1) is 11.8 Å². The van der Waals surface area contributed by atoms with Crippen LogP contribution in [0.1, 0.15) is 31.2 Å². The topological polar surface area (TPSA) is 74.2 Å². The Balaban J connectivity index is 1.72. The summed E-state index contributed by atoms with van der Waals surface area (Å²) in [5, 5.41) is 4.02. The maximum atomic E-state index is 5.93. The second-order valence-electron chi connectivity index (χ2n) is 4.78. The molecule has 0 amide bonds. The van der Waals surface area contributed by atoms with E-state index in [1.807, 2.05) is 25.1 Å². The molecule has 2 unspecified atom stereocenters. The predicted octanol–water partition coefficient (Wildman–Crippen LogP) is 2.58. The minimum absolute atomic E-state index is 0.0608. The molecule has 0 saturated carbocycles. The van der Waals surface area contributed by atoms with Crippen LogP contribution in [0, 0.1) is 0 Å². The van der Waals surface area contributed by atoms with Crippen molar-refractivity contribution in [2.24, 2.45) is 5.73 Å². The molecule has 1 aromatic carbocycles. The smallest absolute Gasteiger partial charge is 0.228 e. The van der Waals surface area contributed by atoms with Gasteiger partial charge in [-0.2, -0.15) is 4.98 Å². The average Bonchev–Trinajstić information content (AvgIpc) is 2.95. The average molecular weight is 291 g/mol. The number of rotatable bonds is 4. The number of fused-ring (bicyclic) bond motifs is 1. The Morgan fingerprint density at radius 2 is 2.30 bits per heavy atom. The molecular formula is C14H17N3O2S. The molecule has 2 heterocycles. The van der Waals surface area contributed by atoms with Crippen molar-refractivity contribution in [3.8, 4) is 5.75 Å². The maximum Gasteiger partial charge on any atom is 0.228 e. The van der Waals surface area contributed by atoms with E-state index in [4.69, 9.17) is 15.0 Å². The molecule has 106 valence electrons. The number of benzene rings is 1. The predicted molar refractivity (Wildman–Crippen MR) is 76.8 cm³/mol. The summed E-state index contributed by atoms with van der Waals surface area (Å²) >= 11 is 1.75. The van der Waals surface area contributed by atoms with E-state index in [9.17, 15) is 0 Å². The van der Waals surface area contributed by atoms with Crippen LogP contribution in [-0.4, -0.2) is 21.9 Å². The summed E-state index contributed by atoms with van der Waals surface area (Å²) in [5.74, 6) is 2.85. The van der Waals surface area contributed by atoms with Crippen LogP contribution in [0.3, 0.4) is 0 Å². The largest absolute Gasteiger partial charge is 0.480 e. The lowest BCUT2D eigenvalue weighted by atomic mass is 10.2. The van der Waals surface area contributed by atoms with Crippen LogP contribution in [0.4, 0.5) is 0 Å². The Hall–Kier alpha value is -1.53. The van der Waals surface area contributed by atoms with Gasteiger partial charge < -0.3 is 15.0 Å². The van der Waals surface area contributed by atoms with Gasteiger partial charge >= 0.3 is 0 Å². The van der Waals surface area contributed by atoms with Gasteiger partial charge in [-0.25, -0.2) is 0 Å². The molecule has 1 aromatic heterocycles. The molecular weight excluding hydrogens is 274 g/mol. The number of nitrogens with zero attached hydrogens (tertiary/aromatic N) is 2. The van der Waals surface area contributed by atoms with Crippen molar-refractivity contribution < 1.29 is 9.26 Å². The van der Waals surface area contributed by atoms with Gasteiger partial charge in [-0.1, -0.05) is 24.2 Å². The summed E-state index contributed by atoms with van der Waals surface area (Å²) in [5.41, 5.74) is 5.89. The minimum Gasteiger partial charge on any atom is -0.480 e. The first-order valence-electron chi connectivity index (χ1n) is 6.72. The third kappa shape index (κ3) is 2.81. The fourth-order valence-corrected chi connectivity index (χ4v) is 2.98. The van der Waals surface area contributed by atoms with E-state index in [-0.39, 0.29) is 12.1 Å². The molecule has 2 N–H and O–H groups in total. The number of thioether (sulfide) groups is 1. The van der Waals surface area contributed by atoms with Gasteiger partial charge in [0.25, 0.3) is 0 Å².